The quantitative estimate of drug-likeness (QED) is 0.0185. The minimum absolute atomic E-state index is 0.0274. The van der Waals surface area contributed by atoms with Gasteiger partial charge >= 0.3 is 6.03 Å². The highest BCUT2D eigenvalue weighted by atomic mass is 16.2. The number of carbonyl (C=O) groups is 11. The zero-order chi connectivity index (χ0) is 47.2. The molecule has 0 aliphatic carbocycles. The smallest absolute Gasteiger partial charge is 0.321 e. The molecule has 348 valence electrons. The van der Waals surface area contributed by atoms with Gasteiger partial charge in [-0.15, -0.1) is 0 Å². The van der Waals surface area contributed by atoms with E-state index >= 15 is 0 Å². The van der Waals surface area contributed by atoms with Crippen LogP contribution in [-0.4, -0.2) is 196 Å². The number of aldehydes is 1. The third kappa shape index (κ3) is 22.8. The molecule has 10 N–H and O–H groups in total. The van der Waals surface area contributed by atoms with Crippen LogP contribution in [0.2, 0.25) is 0 Å². The monoisotopic (exact) mass is 879 g/mol. The number of nitrogens with zero attached hydrogens (tertiary/aromatic N) is 5. The van der Waals surface area contributed by atoms with E-state index in [0.29, 0.717) is 32.1 Å². The zero-order valence-electron chi connectivity index (χ0n) is 36.6. The maximum atomic E-state index is 13.6. The molecule has 24 heteroatoms. The maximum absolute atomic E-state index is 13.6. The molecule has 62 heavy (non-hydrogen) atoms. The zero-order valence-corrected chi connectivity index (χ0v) is 36.6. The molecular weight excluding hydrogens is 814 g/mol. The lowest BCUT2D eigenvalue weighted by molar-refractivity contribution is -0.138. The molecule has 0 rings (SSSR count). The van der Waals surface area contributed by atoms with Crippen molar-refractivity contribution in [1.29, 1.82) is 0 Å². The van der Waals surface area contributed by atoms with Crippen LogP contribution >= 0.6 is 0 Å². The van der Waals surface area contributed by atoms with E-state index in [2.05, 4.69) is 31.9 Å². The first-order chi connectivity index (χ1) is 29.4. The van der Waals surface area contributed by atoms with Crippen LogP contribution in [0.25, 0.3) is 0 Å². The van der Waals surface area contributed by atoms with Gasteiger partial charge < -0.3 is 63.0 Å². The maximum Gasteiger partial charge on any atom is 0.321 e. The van der Waals surface area contributed by atoms with Gasteiger partial charge in [-0.1, -0.05) is 6.92 Å². The van der Waals surface area contributed by atoms with Gasteiger partial charge in [0.15, 0.2) is 0 Å². The van der Waals surface area contributed by atoms with Gasteiger partial charge in [-0.3, -0.25) is 52.8 Å². The summed E-state index contributed by atoms with van der Waals surface area (Å²) >= 11 is 0. The Bertz CT molecular complexity index is 1620. The van der Waals surface area contributed by atoms with Crippen LogP contribution in [0, 0.1) is 0 Å². The summed E-state index contributed by atoms with van der Waals surface area (Å²) in [6, 6.07) is -1.70. The van der Waals surface area contributed by atoms with Crippen molar-refractivity contribution in [1.82, 2.24) is 56.4 Å². The predicted molar refractivity (Wildman–Crippen MR) is 226 cm³/mol. The standard InChI is InChI=1S/C38H65N13O11/c1-7-33(57)48(22-32(56)46-29(36(40)60)10-8-9-11-39)16-13-44-31(55)21-50(35(59)24-51(38(62)43-6)18-27(2)25-52)17-14-45-30(54)20-49(15-12-41-4)34(58)23-47(26-53)19-28(3)37(61)42-5/h18-19,25-26,29,41H,7-17,20-24,39H2,1-6H3,(H2,40,60)(H,42,61)(H,43,62)(H,44,55)(H,45,54)(H,46,56)/b27-18-,28-19-. The minimum atomic E-state index is -0.966. The van der Waals surface area contributed by atoms with Crippen LogP contribution in [0.3, 0.4) is 0 Å². The first kappa shape index (κ1) is 55.6. The SMILES string of the molecule is CCC(=O)N(CCNC(=O)CN(CCNC(=O)CN(CCNC)C(=O)CN(C=O)/C=C(/C)C(=O)NC)C(=O)CN(/C=C(/C)C=O)C(=O)NC)CC(=O)NC(CCCCN)C(N)=O. The fraction of sp³-hybridized carbons (Fsp3) is 0.605. The number of rotatable bonds is 31. The van der Waals surface area contributed by atoms with Crippen LogP contribution in [0.15, 0.2) is 23.5 Å². The molecule has 1 atom stereocenters. The van der Waals surface area contributed by atoms with Crippen LogP contribution in [0.1, 0.15) is 46.5 Å². The second-order valence-electron chi connectivity index (χ2n) is 13.8. The highest BCUT2D eigenvalue weighted by Gasteiger charge is 2.25. The van der Waals surface area contributed by atoms with E-state index in [1.54, 1.807) is 14.0 Å². The average molecular weight is 880 g/mol. The van der Waals surface area contributed by atoms with Gasteiger partial charge in [0.05, 0.1) is 19.6 Å². The molecule has 0 radical (unpaired) electrons. The van der Waals surface area contributed by atoms with E-state index in [4.69, 9.17) is 11.5 Å². The second kappa shape index (κ2) is 31.4. The van der Waals surface area contributed by atoms with Crippen LogP contribution in [0.5, 0.6) is 0 Å². The molecule has 0 aromatic heterocycles. The summed E-state index contributed by atoms with van der Waals surface area (Å²) < 4.78 is 0. The molecule has 11 amide bonds. The van der Waals surface area contributed by atoms with Crippen molar-refractivity contribution in [3.8, 4) is 0 Å². The summed E-state index contributed by atoms with van der Waals surface area (Å²) in [7, 11) is 4.35. The number of nitrogens with two attached hydrogens (primary N) is 2. The number of urea groups is 1. The number of primary amides is 1. The summed E-state index contributed by atoms with van der Waals surface area (Å²) in [6.07, 6.45) is 4.61. The number of hydrogen-bond acceptors (Lipinski definition) is 13. The Kier molecular flexibility index (Phi) is 28.2. The molecule has 0 fully saturated rings. The summed E-state index contributed by atoms with van der Waals surface area (Å²) in [5.74, 6) is -5.01. The first-order valence-electron chi connectivity index (χ1n) is 19.9. The topological polar surface area (TPSA) is 328 Å². The van der Waals surface area contributed by atoms with Crippen molar-refractivity contribution in [2.75, 3.05) is 99.7 Å². The number of likely N-dealkylation sites (N-methyl/N-ethyl adjacent to an activating group) is 2. The van der Waals surface area contributed by atoms with Gasteiger partial charge in [0.2, 0.25) is 53.7 Å². The number of nitrogens with one attached hydrogen (secondary N) is 6. The summed E-state index contributed by atoms with van der Waals surface area (Å²) in [5.41, 5.74) is 11.2. The van der Waals surface area contributed by atoms with Gasteiger partial charge in [0, 0.05) is 83.3 Å². The number of amides is 11. The molecule has 0 aromatic carbocycles. The van der Waals surface area contributed by atoms with Crippen molar-refractivity contribution in [3.05, 3.63) is 23.5 Å². The third-order valence-electron chi connectivity index (χ3n) is 8.75. The fourth-order valence-corrected chi connectivity index (χ4v) is 5.37. The first-order valence-corrected chi connectivity index (χ1v) is 19.9. The number of hydrogen-bond donors (Lipinski definition) is 8. The Balaban J connectivity index is 5.99. The summed E-state index contributed by atoms with van der Waals surface area (Å²) in [4.78, 5) is 143. The van der Waals surface area contributed by atoms with Crippen molar-refractivity contribution in [3.63, 3.8) is 0 Å². The van der Waals surface area contributed by atoms with Gasteiger partial charge in [-0.25, -0.2) is 4.79 Å². The Labute approximate surface area is 361 Å². The third-order valence-corrected chi connectivity index (χ3v) is 8.75. The molecule has 0 heterocycles. The van der Waals surface area contributed by atoms with Crippen molar-refractivity contribution >= 4 is 66.0 Å². The minimum Gasteiger partial charge on any atom is -0.368 e. The summed E-state index contributed by atoms with van der Waals surface area (Å²) in [6.45, 7) is 1.84. The molecule has 0 aliphatic rings. The van der Waals surface area contributed by atoms with Gasteiger partial charge in [0.25, 0.3) is 0 Å². The lowest BCUT2D eigenvalue weighted by atomic mass is 10.1. The highest BCUT2D eigenvalue weighted by molar-refractivity contribution is 5.93. The fourth-order valence-electron chi connectivity index (χ4n) is 5.37. The van der Waals surface area contributed by atoms with Crippen molar-refractivity contribution in [2.45, 2.75) is 52.5 Å². The van der Waals surface area contributed by atoms with Crippen molar-refractivity contribution in [2.24, 2.45) is 11.5 Å². The van der Waals surface area contributed by atoms with Crippen LogP contribution in [-0.2, 0) is 47.9 Å². The molecule has 0 spiro atoms. The Morgan fingerprint density at radius 1 is 0.661 bits per heavy atom. The van der Waals surface area contributed by atoms with Gasteiger partial charge in [0.1, 0.15) is 25.4 Å². The molecule has 1 unspecified atom stereocenters. The Morgan fingerprint density at radius 2 is 1.19 bits per heavy atom. The number of carbonyl (C=O) groups excluding carboxylic acids is 11. The van der Waals surface area contributed by atoms with E-state index in [1.807, 2.05) is 0 Å². The predicted octanol–water partition coefficient (Wildman–Crippen LogP) is -4.71. The van der Waals surface area contributed by atoms with Crippen LogP contribution in [0.4, 0.5) is 4.79 Å². The van der Waals surface area contributed by atoms with Crippen LogP contribution < -0.4 is 43.4 Å². The number of allylic oxidation sites excluding steroid dienone is 1. The van der Waals surface area contributed by atoms with E-state index in [0.717, 1.165) is 20.9 Å². The molecule has 0 aliphatic heterocycles. The summed E-state index contributed by atoms with van der Waals surface area (Å²) in [5, 5.41) is 15.3. The highest BCUT2D eigenvalue weighted by Crippen LogP contribution is 2.04. The Hall–Kier alpha value is -6.43. The van der Waals surface area contributed by atoms with E-state index in [9.17, 15) is 52.7 Å². The van der Waals surface area contributed by atoms with E-state index in [1.165, 1.54) is 43.9 Å². The normalized spacial score (nSPS) is 11.5. The van der Waals surface area contributed by atoms with E-state index in [-0.39, 0.29) is 63.3 Å². The Morgan fingerprint density at radius 3 is 1.66 bits per heavy atom. The second-order valence-corrected chi connectivity index (χ2v) is 13.8. The molecule has 0 saturated carbocycles. The van der Waals surface area contributed by atoms with E-state index < -0.39 is 92.1 Å². The largest absolute Gasteiger partial charge is 0.368 e. The molecule has 0 bridgehead atoms. The molecule has 0 aromatic rings. The molecular formula is C38H65N13O11. The van der Waals surface area contributed by atoms with Gasteiger partial charge in [-0.2, -0.15) is 0 Å². The van der Waals surface area contributed by atoms with Gasteiger partial charge in [-0.05, 0) is 46.7 Å². The average Bonchev–Trinajstić information content (AvgIpc) is 3.24. The molecule has 24 nitrogen and oxygen atoms in total. The lowest BCUT2D eigenvalue weighted by Crippen LogP contribution is -2.51. The molecule has 0 saturated heterocycles. The number of unbranched alkanes of at least 4 members (excludes halogenated alkanes) is 1. The van der Waals surface area contributed by atoms with Crippen molar-refractivity contribution < 1.29 is 52.7 Å². The lowest BCUT2D eigenvalue weighted by Gasteiger charge is -2.27.